The van der Waals surface area contributed by atoms with Gasteiger partial charge in [0.15, 0.2) is 5.82 Å². The van der Waals surface area contributed by atoms with Crippen molar-refractivity contribution in [1.29, 1.82) is 0 Å². The van der Waals surface area contributed by atoms with E-state index >= 15 is 0 Å². The third-order valence-corrected chi connectivity index (χ3v) is 3.79. The van der Waals surface area contributed by atoms with E-state index in [0.29, 0.717) is 6.04 Å². The van der Waals surface area contributed by atoms with Crippen molar-refractivity contribution in [3.8, 4) is 0 Å². The minimum Gasteiger partial charge on any atom is -0.313 e. The molecule has 1 saturated heterocycles. The van der Waals surface area contributed by atoms with Crippen LogP contribution >= 0.6 is 0 Å². The average molecular weight is 236 g/mol. The van der Waals surface area contributed by atoms with Crippen LogP contribution in [0.1, 0.15) is 50.0 Å². The summed E-state index contributed by atoms with van der Waals surface area (Å²) in [6, 6.07) is 0.776. The van der Waals surface area contributed by atoms with Gasteiger partial charge in [-0.3, -0.25) is 0 Å². The van der Waals surface area contributed by atoms with Crippen molar-refractivity contribution >= 4 is 0 Å². The van der Waals surface area contributed by atoms with Crippen LogP contribution in [-0.4, -0.2) is 39.8 Å². The first-order valence-electron chi connectivity index (χ1n) is 6.67. The Kier molecular flexibility index (Phi) is 3.33. The second-order valence-corrected chi connectivity index (χ2v) is 4.98. The van der Waals surface area contributed by atoms with Crippen LogP contribution in [0.15, 0.2) is 0 Å². The van der Waals surface area contributed by atoms with E-state index in [2.05, 4.69) is 30.8 Å². The Morgan fingerprint density at radius 1 is 1.12 bits per heavy atom. The predicted molar refractivity (Wildman–Crippen MR) is 63.6 cm³/mol. The van der Waals surface area contributed by atoms with Crippen LogP contribution in [0.5, 0.6) is 0 Å². The number of piperazine rings is 1. The van der Waals surface area contributed by atoms with Gasteiger partial charge in [-0.05, 0) is 23.3 Å². The van der Waals surface area contributed by atoms with E-state index in [-0.39, 0.29) is 6.04 Å². The second-order valence-electron chi connectivity index (χ2n) is 4.98. The molecule has 0 aromatic carbocycles. The van der Waals surface area contributed by atoms with E-state index in [1.807, 2.05) is 0 Å². The third-order valence-electron chi connectivity index (χ3n) is 3.79. The van der Waals surface area contributed by atoms with Crippen molar-refractivity contribution < 1.29 is 0 Å². The van der Waals surface area contributed by atoms with E-state index in [0.717, 1.165) is 25.5 Å². The second kappa shape index (κ2) is 5.10. The molecule has 3 rings (SSSR count). The van der Waals surface area contributed by atoms with Gasteiger partial charge in [0.05, 0.1) is 12.1 Å². The largest absolute Gasteiger partial charge is 0.313 e. The highest BCUT2D eigenvalue weighted by atomic mass is 15.6. The van der Waals surface area contributed by atoms with Gasteiger partial charge in [-0.15, -0.1) is 5.10 Å². The lowest BCUT2D eigenvalue weighted by atomic mass is 9.95. The van der Waals surface area contributed by atoms with Gasteiger partial charge in [0.2, 0.25) is 0 Å². The highest BCUT2D eigenvalue weighted by molar-refractivity contribution is 4.97. The summed E-state index contributed by atoms with van der Waals surface area (Å²) in [6.45, 7) is 2.94. The Balaban J connectivity index is 1.77. The SMILES string of the molecule is C1CCC(n2nnnc2C2CNCCN2)CC1. The number of nitrogens with one attached hydrogen (secondary N) is 2. The Labute approximate surface area is 101 Å². The molecule has 94 valence electrons. The first-order valence-corrected chi connectivity index (χ1v) is 6.67. The van der Waals surface area contributed by atoms with Crippen LogP contribution in [0.2, 0.25) is 0 Å². The molecule has 6 nitrogen and oxygen atoms in total. The first-order chi connectivity index (χ1) is 8.45. The lowest BCUT2D eigenvalue weighted by molar-refractivity contribution is 0.300. The topological polar surface area (TPSA) is 67.7 Å². The molecule has 1 aliphatic carbocycles. The summed E-state index contributed by atoms with van der Waals surface area (Å²) in [7, 11) is 0. The zero-order valence-electron chi connectivity index (χ0n) is 10.1. The number of hydrogen-bond acceptors (Lipinski definition) is 5. The number of tetrazole rings is 1. The predicted octanol–water partition coefficient (Wildman–Crippen LogP) is 0.412. The molecule has 6 heteroatoms. The van der Waals surface area contributed by atoms with E-state index < -0.39 is 0 Å². The van der Waals surface area contributed by atoms with E-state index in [4.69, 9.17) is 0 Å². The highest BCUT2D eigenvalue weighted by Crippen LogP contribution is 2.29. The van der Waals surface area contributed by atoms with Gasteiger partial charge in [-0.25, -0.2) is 4.68 Å². The Hall–Kier alpha value is -1.01. The molecule has 0 amide bonds. The molecule has 1 aliphatic heterocycles. The first kappa shape index (κ1) is 11.1. The van der Waals surface area contributed by atoms with Gasteiger partial charge >= 0.3 is 0 Å². The molecule has 0 spiro atoms. The fraction of sp³-hybridized carbons (Fsp3) is 0.909. The van der Waals surface area contributed by atoms with Gasteiger partial charge < -0.3 is 10.6 Å². The molecule has 0 bridgehead atoms. The van der Waals surface area contributed by atoms with Gasteiger partial charge in [0.1, 0.15) is 0 Å². The smallest absolute Gasteiger partial charge is 0.169 e. The monoisotopic (exact) mass is 236 g/mol. The fourth-order valence-electron chi connectivity index (χ4n) is 2.85. The quantitative estimate of drug-likeness (QED) is 0.778. The zero-order chi connectivity index (χ0) is 11.5. The average Bonchev–Trinajstić information content (AvgIpc) is 2.90. The molecule has 2 fully saturated rings. The van der Waals surface area contributed by atoms with Crippen molar-refractivity contribution in [3.05, 3.63) is 5.82 Å². The highest BCUT2D eigenvalue weighted by Gasteiger charge is 2.25. The van der Waals surface area contributed by atoms with Crippen LogP contribution in [0, 0.1) is 0 Å². The van der Waals surface area contributed by atoms with Crippen LogP contribution in [0.3, 0.4) is 0 Å². The Bertz CT molecular complexity index is 318. The van der Waals surface area contributed by atoms with Crippen molar-refractivity contribution in [2.24, 2.45) is 0 Å². The summed E-state index contributed by atoms with van der Waals surface area (Å²) in [5.41, 5.74) is 0. The number of aromatic nitrogens is 4. The lowest BCUT2D eigenvalue weighted by Gasteiger charge is -2.27. The van der Waals surface area contributed by atoms with Crippen molar-refractivity contribution in [1.82, 2.24) is 30.8 Å². The summed E-state index contributed by atoms with van der Waals surface area (Å²) < 4.78 is 2.06. The lowest BCUT2D eigenvalue weighted by Crippen LogP contribution is -2.44. The van der Waals surface area contributed by atoms with E-state index in [1.54, 1.807) is 0 Å². The van der Waals surface area contributed by atoms with E-state index in [1.165, 1.54) is 32.1 Å². The zero-order valence-corrected chi connectivity index (χ0v) is 10.1. The standard InChI is InChI=1S/C11H20N6/c1-2-4-9(5-3-1)17-11(14-15-16-17)10-8-12-6-7-13-10/h9-10,12-13H,1-8H2. The molecule has 17 heavy (non-hydrogen) atoms. The summed E-state index contributed by atoms with van der Waals surface area (Å²) in [5, 5.41) is 19.1. The van der Waals surface area contributed by atoms with Crippen molar-refractivity contribution in [2.45, 2.75) is 44.2 Å². The van der Waals surface area contributed by atoms with Crippen LogP contribution in [0.4, 0.5) is 0 Å². The Morgan fingerprint density at radius 2 is 2.00 bits per heavy atom. The van der Waals surface area contributed by atoms with Crippen LogP contribution in [-0.2, 0) is 0 Å². The van der Waals surface area contributed by atoms with Gasteiger partial charge in [0.25, 0.3) is 0 Å². The molecule has 1 atom stereocenters. The molecule has 1 saturated carbocycles. The van der Waals surface area contributed by atoms with Crippen molar-refractivity contribution in [3.63, 3.8) is 0 Å². The third kappa shape index (κ3) is 2.32. The summed E-state index contributed by atoms with van der Waals surface area (Å²) >= 11 is 0. The minimum absolute atomic E-state index is 0.265. The van der Waals surface area contributed by atoms with Gasteiger partial charge in [-0.1, -0.05) is 19.3 Å². The molecular weight excluding hydrogens is 216 g/mol. The van der Waals surface area contributed by atoms with Crippen molar-refractivity contribution in [2.75, 3.05) is 19.6 Å². The van der Waals surface area contributed by atoms with Gasteiger partial charge in [-0.2, -0.15) is 0 Å². The van der Waals surface area contributed by atoms with Gasteiger partial charge in [0, 0.05) is 19.6 Å². The minimum atomic E-state index is 0.265. The molecule has 2 heterocycles. The fourth-order valence-corrected chi connectivity index (χ4v) is 2.85. The molecule has 2 aliphatic rings. The maximum absolute atomic E-state index is 4.21. The molecule has 2 N–H and O–H groups in total. The number of nitrogens with zero attached hydrogens (tertiary/aromatic N) is 4. The summed E-state index contributed by atoms with van der Waals surface area (Å²) in [6.07, 6.45) is 6.41. The van der Waals surface area contributed by atoms with Crippen LogP contribution in [0.25, 0.3) is 0 Å². The molecule has 1 unspecified atom stereocenters. The summed E-state index contributed by atoms with van der Waals surface area (Å²) in [4.78, 5) is 0. The number of hydrogen-bond donors (Lipinski definition) is 2. The molecule has 0 radical (unpaired) electrons. The Morgan fingerprint density at radius 3 is 2.76 bits per heavy atom. The van der Waals surface area contributed by atoms with E-state index in [9.17, 15) is 0 Å². The summed E-state index contributed by atoms with van der Waals surface area (Å²) in [5.74, 6) is 1.00. The number of rotatable bonds is 2. The normalized spacial score (nSPS) is 27.2. The maximum Gasteiger partial charge on any atom is 0.169 e. The molecule has 1 aromatic heterocycles. The molecule has 1 aromatic rings. The maximum atomic E-state index is 4.21. The molecular formula is C11H20N6. The van der Waals surface area contributed by atoms with Crippen LogP contribution < -0.4 is 10.6 Å².